The van der Waals surface area contributed by atoms with Gasteiger partial charge in [0.05, 0.1) is 24.0 Å². The van der Waals surface area contributed by atoms with Crippen LogP contribution in [0.3, 0.4) is 0 Å². The van der Waals surface area contributed by atoms with Crippen LogP contribution in [0.2, 0.25) is 5.15 Å². The molecule has 2 heterocycles. The van der Waals surface area contributed by atoms with E-state index >= 15 is 0 Å². The fourth-order valence-corrected chi connectivity index (χ4v) is 3.68. The number of nitrogen functional groups attached to an aromatic ring is 1. The zero-order valence-electron chi connectivity index (χ0n) is 15.9. The molecular weight excluding hydrogens is 432 g/mol. The molecule has 0 saturated heterocycles. The first-order chi connectivity index (χ1) is 14.8. The molecule has 2 aromatic heterocycles. The van der Waals surface area contributed by atoms with Gasteiger partial charge in [-0.25, -0.2) is 9.78 Å². The average molecular weight is 446 g/mol. The van der Waals surface area contributed by atoms with Crippen LogP contribution in [0.25, 0.3) is 27.4 Å². The number of nitrogens with zero attached hydrogens (tertiary/aromatic N) is 2. The molecule has 4 aromatic rings. The molecular formula is C21H14ClF2N3O4. The van der Waals surface area contributed by atoms with Gasteiger partial charge >= 0.3 is 12.6 Å². The molecule has 2 N–H and O–H groups in total. The highest BCUT2D eigenvalue weighted by Gasteiger charge is 2.24. The number of aromatic nitrogens is 2. The summed E-state index contributed by atoms with van der Waals surface area (Å²) in [7, 11) is 1.12. The minimum absolute atomic E-state index is 0.133. The Labute approximate surface area is 178 Å². The number of esters is 1. The number of hydrogen-bond donors (Lipinski definition) is 1. The summed E-state index contributed by atoms with van der Waals surface area (Å²) >= 11 is 6.19. The first-order valence-corrected chi connectivity index (χ1v) is 9.26. The molecule has 0 spiro atoms. The van der Waals surface area contributed by atoms with E-state index in [1.807, 2.05) is 0 Å². The van der Waals surface area contributed by atoms with Crippen LogP contribution < -0.4 is 16.0 Å². The molecule has 0 bridgehead atoms. The molecule has 0 fully saturated rings. The van der Waals surface area contributed by atoms with Crippen LogP contribution in [0, 0.1) is 0 Å². The number of anilines is 1. The van der Waals surface area contributed by atoms with Gasteiger partial charge in [-0.3, -0.25) is 9.36 Å². The van der Waals surface area contributed by atoms with Crippen LogP contribution in [0.5, 0.6) is 5.75 Å². The number of benzene rings is 2. The standard InChI is InChI=1S/C21H14ClF2N3O4/c1-30-20(29)16-17(25)13-6-5-10(31-21(23)24)9-15(13)27(19(16)28)14-4-2-3-12-11(14)7-8-26-18(12)22/h2-9,21H,25H2,1H3. The van der Waals surface area contributed by atoms with Crippen molar-refractivity contribution in [3.05, 3.63) is 69.7 Å². The number of carbonyl (C=O) groups is 1. The third kappa shape index (κ3) is 3.42. The number of nitrogens with two attached hydrogens (primary N) is 1. The normalized spacial score (nSPS) is 11.3. The Morgan fingerprint density at radius 2 is 1.94 bits per heavy atom. The van der Waals surface area contributed by atoms with Crippen LogP contribution in [0.15, 0.2) is 53.5 Å². The molecule has 0 aliphatic rings. The smallest absolute Gasteiger partial charge is 0.387 e. The zero-order chi connectivity index (χ0) is 22.3. The lowest BCUT2D eigenvalue weighted by Crippen LogP contribution is -2.28. The first kappa shape index (κ1) is 20.5. The Morgan fingerprint density at radius 1 is 1.16 bits per heavy atom. The largest absolute Gasteiger partial charge is 0.465 e. The minimum Gasteiger partial charge on any atom is -0.465 e. The van der Waals surface area contributed by atoms with E-state index in [0.717, 1.165) is 7.11 Å². The fraction of sp³-hybridized carbons (Fsp3) is 0.0952. The Balaban J connectivity index is 2.19. The van der Waals surface area contributed by atoms with Crippen molar-refractivity contribution in [1.82, 2.24) is 9.55 Å². The van der Waals surface area contributed by atoms with Gasteiger partial charge in [-0.2, -0.15) is 8.78 Å². The number of alkyl halides is 2. The second kappa shape index (κ2) is 7.84. The van der Waals surface area contributed by atoms with Crippen molar-refractivity contribution in [2.24, 2.45) is 0 Å². The van der Waals surface area contributed by atoms with Crippen molar-refractivity contribution in [2.75, 3.05) is 12.8 Å². The SMILES string of the molecule is COC(=O)c1c(N)c2ccc(OC(F)F)cc2n(-c2cccc3c(Cl)nccc23)c1=O. The van der Waals surface area contributed by atoms with Crippen molar-refractivity contribution in [1.29, 1.82) is 0 Å². The second-order valence-electron chi connectivity index (χ2n) is 6.45. The van der Waals surface area contributed by atoms with Crippen molar-refractivity contribution in [2.45, 2.75) is 6.61 Å². The lowest BCUT2D eigenvalue weighted by Gasteiger charge is -2.17. The molecule has 0 radical (unpaired) electrons. The number of rotatable bonds is 4. The number of pyridine rings is 2. The highest BCUT2D eigenvalue weighted by Crippen LogP contribution is 2.32. The number of carbonyl (C=O) groups excluding carboxylic acids is 1. The summed E-state index contributed by atoms with van der Waals surface area (Å²) in [4.78, 5) is 29.8. The van der Waals surface area contributed by atoms with E-state index in [2.05, 4.69) is 9.72 Å². The van der Waals surface area contributed by atoms with Gasteiger partial charge in [0.2, 0.25) is 0 Å². The lowest BCUT2D eigenvalue weighted by atomic mass is 10.1. The van der Waals surface area contributed by atoms with Gasteiger partial charge in [0, 0.05) is 28.4 Å². The first-order valence-electron chi connectivity index (χ1n) is 8.88. The topological polar surface area (TPSA) is 96.4 Å². The maximum atomic E-state index is 13.4. The van der Waals surface area contributed by atoms with E-state index in [4.69, 9.17) is 22.1 Å². The number of ether oxygens (including phenoxy) is 2. The molecule has 0 saturated carbocycles. The molecule has 7 nitrogen and oxygen atoms in total. The van der Waals surface area contributed by atoms with Gasteiger partial charge in [0.15, 0.2) is 0 Å². The molecule has 0 atom stereocenters. The maximum absolute atomic E-state index is 13.4. The number of methoxy groups -OCH3 is 1. The maximum Gasteiger partial charge on any atom is 0.387 e. The predicted molar refractivity (Wildman–Crippen MR) is 112 cm³/mol. The average Bonchev–Trinajstić information content (AvgIpc) is 2.73. The van der Waals surface area contributed by atoms with Gasteiger partial charge in [-0.15, -0.1) is 0 Å². The van der Waals surface area contributed by atoms with Crippen molar-refractivity contribution < 1.29 is 23.0 Å². The van der Waals surface area contributed by atoms with Crippen LogP contribution >= 0.6 is 11.6 Å². The van der Waals surface area contributed by atoms with Gasteiger partial charge in [0.1, 0.15) is 16.5 Å². The quantitative estimate of drug-likeness (QED) is 0.374. The molecule has 158 valence electrons. The number of halogens is 3. The molecule has 0 unspecified atom stereocenters. The van der Waals surface area contributed by atoms with E-state index in [1.165, 1.54) is 29.0 Å². The second-order valence-corrected chi connectivity index (χ2v) is 6.81. The predicted octanol–water partition coefficient (Wildman–Crippen LogP) is 4.16. The summed E-state index contributed by atoms with van der Waals surface area (Å²) in [6.07, 6.45) is 1.46. The molecule has 0 aliphatic carbocycles. The van der Waals surface area contributed by atoms with Gasteiger partial charge in [-0.05, 0) is 24.3 Å². The van der Waals surface area contributed by atoms with Crippen molar-refractivity contribution in [3.63, 3.8) is 0 Å². The van der Waals surface area contributed by atoms with Crippen LogP contribution in [-0.2, 0) is 4.74 Å². The van der Waals surface area contributed by atoms with Crippen molar-refractivity contribution in [3.8, 4) is 11.4 Å². The molecule has 31 heavy (non-hydrogen) atoms. The highest BCUT2D eigenvalue weighted by molar-refractivity contribution is 6.34. The molecule has 2 aromatic carbocycles. The third-order valence-electron chi connectivity index (χ3n) is 4.78. The Kier molecular flexibility index (Phi) is 5.20. The van der Waals surface area contributed by atoms with Crippen LogP contribution in [-0.4, -0.2) is 29.2 Å². The third-order valence-corrected chi connectivity index (χ3v) is 5.08. The zero-order valence-corrected chi connectivity index (χ0v) is 16.7. The Morgan fingerprint density at radius 3 is 2.65 bits per heavy atom. The summed E-state index contributed by atoms with van der Waals surface area (Å²) in [6.45, 7) is -3.06. The molecule has 4 rings (SSSR count). The molecule has 0 aliphatic heterocycles. The Bertz CT molecular complexity index is 1410. The summed E-state index contributed by atoms with van der Waals surface area (Å²) in [5.41, 5.74) is 5.30. The number of fused-ring (bicyclic) bond motifs is 2. The van der Waals surface area contributed by atoms with E-state index < -0.39 is 18.1 Å². The van der Waals surface area contributed by atoms with Crippen LogP contribution in [0.1, 0.15) is 10.4 Å². The molecule has 10 heteroatoms. The Hall–Kier alpha value is -3.72. The van der Waals surface area contributed by atoms with E-state index in [9.17, 15) is 18.4 Å². The van der Waals surface area contributed by atoms with E-state index in [1.54, 1.807) is 24.3 Å². The van der Waals surface area contributed by atoms with Gasteiger partial charge < -0.3 is 15.2 Å². The van der Waals surface area contributed by atoms with Gasteiger partial charge in [0.25, 0.3) is 5.56 Å². The van der Waals surface area contributed by atoms with E-state index in [-0.39, 0.29) is 33.1 Å². The summed E-state index contributed by atoms with van der Waals surface area (Å²) in [6, 6.07) is 10.5. The fourth-order valence-electron chi connectivity index (χ4n) is 3.46. The number of hydrogen-bond acceptors (Lipinski definition) is 6. The van der Waals surface area contributed by atoms with Gasteiger partial charge in [-0.1, -0.05) is 23.7 Å². The van der Waals surface area contributed by atoms with Crippen LogP contribution in [0.4, 0.5) is 14.5 Å². The summed E-state index contributed by atoms with van der Waals surface area (Å²) in [5.74, 6) is -1.10. The summed E-state index contributed by atoms with van der Waals surface area (Å²) in [5, 5.41) is 1.59. The lowest BCUT2D eigenvalue weighted by molar-refractivity contribution is -0.0497. The van der Waals surface area contributed by atoms with E-state index in [0.29, 0.717) is 16.5 Å². The molecule has 0 amide bonds. The summed E-state index contributed by atoms with van der Waals surface area (Å²) < 4.78 is 36.0. The van der Waals surface area contributed by atoms with Crippen molar-refractivity contribution >= 4 is 44.9 Å². The highest BCUT2D eigenvalue weighted by atomic mass is 35.5. The minimum atomic E-state index is -3.06. The monoisotopic (exact) mass is 445 g/mol.